The first-order valence-corrected chi connectivity index (χ1v) is 19.9. The van der Waals surface area contributed by atoms with Crippen molar-refractivity contribution >= 4 is 60.6 Å². The van der Waals surface area contributed by atoms with Crippen molar-refractivity contribution in [2.75, 3.05) is 4.90 Å². The van der Waals surface area contributed by atoms with E-state index < -0.39 is 0 Å². The molecule has 0 radical (unpaired) electrons. The summed E-state index contributed by atoms with van der Waals surface area (Å²) in [5, 5.41) is 3.15. The van der Waals surface area contributed by atoms with Gasteiger partial charge in [0, 0.05) is 39.2 Å². The molecule has 0 amide bonds. The van der Waals surface area contributed by atoms with Crippen molar-refractivity contribution in [2.45, 2.75) is 19.3 Å². The number of aromatic nitrogens is 1. The Bertz CT molecular complexity index is 3100. The van der Waals surface area contributed by atoms with Gasteiger partial charge in [-0.15, -0.1) is 11.3 Å². The van der Waals surface area contributed by atoms with Crippen LogP contribution in [0.2, 0.25) is 0 Å². The van der Waals surface area contributed by atoms with Crippen LogP contribution in [-0.4, -0.2) is 4.98 Å². The smallest absolute Gasteiger partial charge is 0.159 e. The largest absolute Gasteiger partial charge is 0.454 e. The minimum Gasteiger partial charge on any atom is -0.454 e. The van der Waals surface area contributed by atoms with E-state index in [1.54, 1.807) is 11.3 Å². The highest BCUT2D eigenvalue weighted by atomic mass is 32.1. The minimum atomic E-state index is -0.138. The summed E-state index contributed by atoms with van der Waals surface area (Å²) in [6.45, 7) is 4.68. The van der Waals surface area contributed by atoms with E-state index in [1.165, 1.54) is 44.5 Å². The van der Waals surface area contributed by atoms with Crippen LogP contribution in [0, 0.1) is 0 Å². The molecule has 0 aliphatic heterocycles. The number of thiazole rings is 1. The molecule has 1 aliphatic carbocycles. The molecule has 2 aromatic heterocycles. The van der Waals surface area contributed by atoms with Gasteiger partial charge in [0.15, 0.2) is 5.58 Å². The number of anilines is 3. The lowest BCUT2D eigenvalue weighted by atomic mass is 9.82. The molecule has 0 unspecified atom stereocenters. The number of para-hydroxylation sites is 1. The Morgan fingerprint density at radius 3 is 1.88 bits per heavy atom. The first kappa shape index (κ1) is 32.7. The normalized spacial score (nSPS) is 13.0. The lowest BCUT2D eigenvalue weighted by Gasteiger charge is -2.28. The second kappa shape index (κ2) is 12.7. The van der Waals surface area contributed by atoms with Crippen LogP contribution in [0.25, 0.3) is 76.1 Å². The third-order valence-corrected chi connectivity index (χ3v) is 12.6. The molecule has 0 spiro atoms. The van der Waals surface area contributed by atoms with Crippen LogP contribution in [-0.2, 0) is 5.41 Å². The Morgan fingerprint density at radius 1 is 0.500 bits per heavy atom. The molecule has 0 fully saturated rings. The Morgan fingerprint density at radius 2 is 1.12 bits per heavy atom. The van der Waals surface area contributed by atoms with Crippen molar-refractivity contribution in [3.63, 3.8) is 0 Å². The first-order valence-electron chi connectivity index (χ1n) is 19.1. The monoisotopic (exact) mass is 736 g/mol. The molecule has 0 N–H and O–H groups in total. The van der Waals surface area contributed by atoms with Gasteiger partial charge in [0.1, 0.15) is 10.6 Å². The molecule has 1 aliphatic rings. The van der Waals surface area contributed by atoms with E-state index in [2.05, 4.69) is 195 Å². The van der Waals surface area contributed by atoms with E-state index in [4.69, 9.17) is 9.40 Å². The van der Waals surface area contributed by atoms with Gasteiger partial charge in [-0.2, -0.15) is 0 Å². The summed E-state index contributed by atoms with van der Waals surface area (Å²) in [5.74, 6) is 0. The second-order valence-electron chi connectivity index (χ2n) is 15.2. The van der Waals surface area contributed by atoms with Crippen LogP contribution >= 0.6 is 11.3 Å². The molecule has 2 heterocycles. The highest BCUT2D eigenvalue weighted by Crippen LogP contribution is 2.51. The SMILES string of the molecule is CC1(C)c2ccccc2-c2ccc(N(c3ccc(-c4ccccc4-c4ccccc4)cc3)c3cccc4c3oc3cc5sc(-c6ccccc6)nc5cc34)cc21. The van der Waals surface area contributed by atoms with Crippen molar-refractivity contribution in [1.29, 1.82) is 0 Å². The Hall–Kier alpha value is -6.75. The number of hydrogen-bond donors (Lipinski definition) is 0. The van der Waals surface area contributed by atoms with Gasteiger partial charge in [0.2, 0.25) is 0 Å². The molecule has 56 heavy (non-hydrogen) atoms. The van der Waals surface area contributed by atoms with Crippen molar-refractivity contribution in [3.8, 4) is 44.0 Å². The standard InChI is InChI=1S/C52H36N2OS/c1-52(2)44-22-12-11-20-40(44)41-29-28-37(30-45(41)52)54(36-26-24-34(25-27-36)39-19-10-9-18-38(39)33-14-5-3-6-15-33)47-23-13-21-42-43-31-46-49(32-48(43)55-50(42)47)56-51(53-46)35-16-7-4-8-17-35/h3-32H,1-2H3. The lowest BCUT2D eigenvalue weighted by molar-refractivity contribution is 0.660. The van der Waals surface area contributed by atoms with Gasteiger partial charge in [-0.05, 0) is 80.9 Å². The van der Waals surface area contributed by atoms with Crippen LogP contribution in [0.1, 0.15) is 25.0 Å². The maximum atomic E-state index is 6.91. The molecular weight excluding hydrogens is 701 g/mol. The minimum absolute atomic E-state index is 0.138. The summed E-state index contributed by atoms with van der Waals surface area (Å²) in [7, 11) is 0. The molecule has 4 heteroatoms. The third-order valence-electron chi connectivity index (χ3n) is 11.5. The second-order valence-corrected chi connectivity index (χ2v) is 16.2. The maximum absolute atomic E-state index is 6.91. The van der Waals surface area contributed by atoms with Crippen LogP contribution in [0.5, 0.6) is 0 Å². The van der Waals surface area contributed by atoms with Gasteiger partial charge < -0.3 is 9.32 Å². The number of fused-ring (bicyclic) bond motifs is 7. The Kier molecular flexibility index (Phi) is 7.38. The summed E-state index contributed by atoms with van der Waals surface area (Å²) in [6, 6.07) is 65.3. The Balaban J connectivity index is 1.08. The van der Waals surface area contributed by atoms with E-state index in [0.717, 1.165) is 59.8 Å². The topological polar surface area (TPSA) is 29.3 Å². The summed E-state index contributed by atoms with van der Waals surface area (Å²) in [6.07, 6.45) is 0. The van der Waals surface area contributed by atoms with Crippen molar-refractivity contribution < 1.29 is 4.42 Å². The number of furan rings is 1. The molecular formula is C52H36N2OS. The van der Waals surface area contributed by atoms with E-state index in [0.29, 0.717) is 0 Å². The highest BCUT2D eigenvalue weighted by molar-refractivity contribution is 7.21. The zero-order chi connectivity index (χ0) is 37.4. The zero-order valence-corrected chi connectivity index (χ0v) is 31.8. The number of rotatable bonds is 6. The molecule has 0 atom stereocenters. The predicted molar refractivity (Wildman–Crippen MR) is 235 cm³/mol. The number of hydrogen-bond acceptors (Lipinski definition) is 4. The summed E-state index contributed by atoms with van der Waals surface area (Å²) in [4.78, 5) is 7.43. The van der Waals surface area contributed by atoms with Crippen molar-refractivity contribution in [1.82, 2.24) is 4.98 Å². The summed E-state index contributed by atoms with van der Waals surface area (Å²) >= 11 is 1.70. The number of benzene rings is 8. The van der Waals surface area contributed by atoms with Gasteiger partial charge in [-0.3, -0.25) is 0 Å². The molecule has 8 aromatic carbocycles. The van der Waals surface area contributed by atoms with Crippen LogP contribution in [0.3, 0.4) is 0 Å². The molecule has 0 saturated heterocycles. The van der Waals surface area contributed by atoms with E-state index in [-0.39, 0.29) is 5.41 Å². The quantitative estimate of drug-likeness (QED) is 0.170. The average Bonchev–Trinajstić information content (AvgIpc) is 3.91. The van der Waals surface area contributed by atoms with E-state index in [1.807, 2.05) is 6.07 Å². The highest BCUT2D eigenvalue weighted by Gasteiger charge is 2.36. The van der Waals surface area contributed by atoms with Gasteiger partial charge in [0.25, 0.3) is 0 Å². The lowest BCUT2D eigenvalue weighted by Crippen LogP contribution is -2.16. The summed E-state index contributed by atoms with van der Waals surface area (Å²) < 4.78 is 8.02. The molecule has 0 bridgehead atoms. The molecule has 266 valence electrons. The number of nitrogens with zero attached hydrogens (tertiary/aromatic N) is 2. The van der Waals surface area contributed by atoms with Crippen LogP contribution in [0.4, 0.5) is 17.1 Å². The average molecular weight is 737 g/mol. The third kappa shape index (κ3) is 5.14. The van der Waals surface area contributed by atoms with Crippen LogP contribution in [0.15, 0.2) is 186 Å². The molecule has 10 aromatic rings. The van der Waals surface area contributed by atoms with Crippen molar-refractivity contribution in [2.24, 2.45) is 0 Å². The van der Waals surface area contributed by atoms with Crippen LogP contribution < -0.4 is 4.90 Å². The maximum Gasteiger partial charge on any atom is 0.159 e. The van der Waals surface area contributed by atoms with E-state index in [9.17, 15) is 0 Å². The van der Waals surface area contributed by atoms with Crippen molar-refractivity contribution in [3.05, 3.63) is 193 Å². The fourth-order valence-electron chi connectivity index (χ4n) is 8.74. The fourth-order valence-corrected chi connectivity index (χ4v) is 9.72. The first-order chi connectivity index (χ1) is 27.5. The predicted octanol–water partition coefficient (Wildman–Crippen LogP) is 15.0. The summed E-state index contributed by atoms with van der Waals surface area (Å²) in [5.41, 5.74) is 16.9. The molecule has 0 saturated carbocycles. The van der Waals surface area contributed by atoms with E-state index >= 15 is 0 Å². The van der Waals surface area contributed by atoms with Gasteiger partial charge >= 0.3 is 0 Å². The van der Waals surface area contributed by atoms with Gasteiger partial charge in [-0.25, -0.2) is 4.98 Å². The zero-order valence-electron chi connectivity index (χ0n) is 31.0. The Labute approximate surface area is 329 Å². The molecule has 11 rings (SSSR count). The molecule has 3 nitrogen and oxygen atoms in total. The van der Waals surface area contributed by atoms with Gasteiger partial charge in [-0.1, -0.05) is 153 Å². The fraction of sp³-hybridized carbons (Fsp3) is 0.0577. The van der Waals surface area contributed by atoms with Gasteiger partial charge in [0.05, 0.1) is 15.9 Å².